The van der Waals surface area contributed by atoms with Crippen LogP contribution in [0.1, 0.15) is 29.5 Å². The van der Waals surface area contributed by atoms with Gasteiger partial charge in [-0.2, -0.15) is 4.31 Å². The molecule has 4 nitrogen and oxygen atoms in total. The Bertz CT molecular complexity index is 573. The molecule has 0 bridgehead atoms. The van der Waals surface area contributed by atoms with Gasteiger partial charge in [0.05, 0.1) is 4.90 Å². The molecule has 1 fully saturated rings. The van der Waals surface area contributed by atoms with Crippen LogP contribution >= 0.6 is 12.4 Å². The second kappa shape index (κ2) is 7.09. The van der Waals surface area contributed by atoms with Crippen molar-refractivity contribution in [2.75, 3.05) is 20.1 Å². The molecular weight excluding hydrogens is 308 g/mol. The molecule has 120 valence electrons. The number of hydrogen-bond donors (Lipinski definition) is 1. The Kier molecular flexibility index (Phi) is 6.23. The quantitative estimate of drug-likeness (QED) is 0.924. The highest BCUT2D eigenvalue weighted by Crippen LogP contribution is 2.27. The maximum Gasteiger partial charge on any atom is 0.243 e. The van der Waals surface area contributed by atoms with Crippen LogP contribution in [0.3, 0.4) is 0 Å². The number of rotatable bonds is 3. The summed E-state index contributed by atoms with van der Waals surface area (Å²) < 4.78 is 27.3. The first-order valence-corrected chi connectivity index (χ1v) is 8.54. The molecule has 6 heteroatoms. The van der Waals surface area contributed by atoms with Gasteiger partial charge in [0.25, 0.3) is 0 Å². The molecule has 0 atom stereocenters. The minimum atomic E-state index is -3.41. The SMILES string of the molecule is Cc1cc(C)c(S(=O)(=O)N(C)C2CCNCC2)c(C)c1.Cl. The lowest BCUT2D eigenvalue weighted by molar-refractivity contribution is 0.296. The van der Waals surface area contributed by atoms with Crippen molar-refractivity contribution in [2.45, 2.75) is 44.6 Å². The normalized spacial score (nSPS) is 16.8. The van der Waals surface area contributed by atoms with E-state index in [-0.39, 0.29) is 18.4 Å². The molecule has 1 N–H and O–H groups in total. The fraction of sp³-hybridized carbons (Fsp3) is 0.600. The van der Waals surface area contributed by atoms with Gasteiger partial charge in [-0.1, -0.05) is 17.7 Å². The molecule has 0 aliphatic carbocycles. The number of nitrogens with one attached hydrogen (secondary N) is 1. The fourth-order valence-electron chi connectivity index (χ4n) is 3.08. The largest absolute Gasteiger partial charge is 0.317 e. The number of benzene rings is 1. The van der Waals surface area contributed by atoms with E-state index < -0.39 is 10.0 Å². The molecule has 0 aromatic heterocycles. The van der Waals surface area contributed by atoms with Crippen LogP contribution in [0.25, 0.3) is 0 Å². The lowest BCUT2D eigenvalue weighted by Crippen LogP contribution is -2.44. The Morgan fingerprint density at radius 1 is 1.10 bits per heavy atom. The third-order valence-corrected chi connectivity index (χ3v) is 6.28. The maximum atomic E-state index is 12.9. The van der Waals surface area contributed by atoms with E-state index >= 15 is 0 Å². The zero-order chi connectivity index (χ0) is 14.9. The number of piperidine rings is 1. The highest BCUT2D eigenvalue weighted by Gasteiger charge is 2.31. The molecule has 0 saturated carbocycles. The molecule has 1 saturated heterocycles. The van der Waals surface area contributed by atoms with E-state index in [1.165, 1.54) is 0 Å². The van der Waals surface area contributed by atoms with Gasteiger partial charge in [0, 0.05) is 13.1 Å². The molecule has 0 radical (unpaired) electrons. The molecule has 1 aromatic carbocycles. The fourth-order valence-corrected chi connectivity index (χ4v) is 4.91. The lowest BCUT2D eigenvalue weighted by Gasteiger charge is -2.31. The minimum Gasteiger partial charge on any atom is -0.317 e. The van der Waals surface area contributed by atoms with E-state index in [1.807, 2.05) is 32.9 Å². The summed E-state index contributed by atoms with van der Waals surface area (Å²) >= 11 is 0. The topological polar surface area (TPSA) is 49.4 Å². The Morgan fingerprint density at radius 2 is 1.57 bits per heavy atom. The van der Waals surface area contributed by atoms with Crippen molar-refractivity contribution in [3.05, 3.63) is 28.8 Å². The molecule has 1 aliphatic rings. The molecule has 1 aliphatic heterocycles. The molecule has 0 amide bonds. The standard InChI is InChI=1S/C15H24N2O2S.ClH/c1-11-9-12(2)15(13(3)10-11)20(18,19)17(4)14-5-7-16-8-6-14;/h9-10,14,16H,5-8H2,1-4H3;1H. The molecule has 1 aromatic rings. The van der Waals surface area contributed by atoms with Crippen LogP contribution in [0.4, 0.5) is 0 Å². The van der Waals surface area contributed by atoms with Gasteiger partial charge in [-0.25, -0.2) is 8.42 Å². The average molecular weight is 333 g/mol. The average Bonchev–Trinajstić information content (AvgIpc) is 2.37. The first-order valence-electron chi connectivity index (χ1n) is 7.10. The number of nitrogens with zero attached hydrogens (tertiary/aromatic N) is 1. The van der Waals surface area contributed by atoms with Crippen molar-refractivity contribution in [2.24, 2.45) is 0 Å². The number of sulfonamides is 1. The van der Waals surface area contributed by atoms with Crippen molar-refractivity contribution in [3.8, 4) is 0 Å². The first kappa shape index (κ1) is 18.4. The highest BCUT2D eigenvalue weighted by atomic mass is 35.5. The summed E-state index contributed by atoms with van der Waals surface area (Å²) in [5.41, 5.74) is 2.77. The summed E-state index contributed by atoms with van der Waals surface area (Å²) in [4.78, 5) is 0.476. The lowest BCUT2D eigenvalue weighted by atomic mass is 10.1. The third-order valence-electron chi connectivity index (χ3n) is 4.06. The summed E-state index contributed by atoms with van der Waals surface area (Å²) in [5.74, 6) is 0. The van der Waals surface area contributed by atoms with Crippen molar-refractivity contribution in [3.63, 3.8) is 0 Å². The van der Waals surface area contributed by atoms with Gasteiger partial charge in [0.1, 0.15) is 0 Å². The summed E-state index contributed by atoms with van der Waals surface area (Å²) in [5, 5.41) is 3.27. The third kappa shape index (κ3) is 3.77. The minimum absolute atomic E-state index is 0. The van der Waals surface area contributed by atoms with Crippen LogP contribution < -0.4 is 5.32 Å². The van der Waals surface area contributed by atoms with Crippen LogP contribution in [0, 0.1) is 20.8 Å². The molecule has 1 heterocycles. The van der Waals surface area contributed by atoms with Gasteiger partial charge in [0.2, 0.25) is 10.0 Å². The zero-order valence-corrected chi connectivity index (χ0v) is 14.8. The Balaban J connectivity index is 0.00000220. The first-order chi connectivity index (χ1) is 9.34. The summed E-state index contributed by atoms with van der Waals surface area (Å²) in [6, 6.07) is 3.98. The highest BCUT2D eigenvalue weighted by molar-refractivity contribution is 7.89. The monoisotopic (exact) mass is 332 g/mol. The van der Waals surface area contributed by atoms with E-state index in [4.69, 9.17) is 0 Å². The molecule has 2 rings (SSSR count). The van der Waals surface area contributed by atoms with Gasteiger partial charge >= 0.3 is 0 Å². The summed E-state index contributed by atoms with van der Waals surface area (Å²) in [7, 11) is -1.70. The van der Waals surface area contributed by atoms with Crippen LogP contribution in [-0.4, -0.2) is 38.9 Å². The number of halogens is 1. The van der Waals surface area contributed by atoms with Gasteiger partial charge in [-0.15, -0.1) is 12.4 Å². The van der Waals surface area contributed by atoms with Crippen LogP contribution in [0.5, 0.6) is 0 Å². The second-order valence-corrected chi connectivity index (χ2v) is 7.66. The van der Waals surface area contributed by atoms with Crippen LogP contribution in [0.2, 0.25) is 0 Å². The van der Waals surface area contributed by atoms with Gasteiger partial charge in [0.15, 0.2) is 0 Å². The summed E-state index contributed by atoms with van der Waals surface area (Å²) in [6.45, 7) is 7.52. The van der Waals surface area contributed by atoms with Crippen molar-refractivity contribution >= 4 is 22.4 Å². The van der Waals surface area contributed by atoms with Crippen LogP contribution in [-0.2, 0) is 10.0 Å². The van der Waals surface area contributed by atoms with Crippen molar-refractivity contribution < 1.29 is 8.42 Å². The predicted octanol–water partition coefficient (Wildman–Crippen LogP) is 2.41. The van der Waals surface area contributed by atoms with E-state index in [2.05, 4.69) is 5.32 Å². The number of aryl methyl sites for hydroxylation is 3. The van der Waals surface area contributed by atoms with Gasteiger partial charge < -0.3 is 5.32 Å². The molecule has 21 heavy (non-hydrogen) atoms. The molecule has 0 unspecified atom stereocenters. The zero-order valence-electron chi connectivity index (χ0n) is 13.1. The van der Waals surface area contributed by atoms with E-state index in [0.717, 1.165) is 42.6 Å². The van der Waals surface area contributed by atoms with Gasteiger partial charge in [-0.05, 0) is 57.8 Å². The maximum absolute atomic E-state index is 12.9. The van der Waals surface area contributed by atoms with E-state index in [1.54, 1.807) is 11.4 Å². The Hall–Kier alpha value is -0.620. The Labute approximate surface area is 134 Å². The van der Waals surface area contributed by atoms with Crippen LogP contribution in [0.15, 0.2) is 17.0 Å². The van der Waals surface area contributed by atoms with Crippen molar-refractivity contribution in [1.29, 1.82) is 0 Å². The second-order valence-electron chi connectivity index (χ2n) is 5.73. The number of hydrogen-bond acceptors (Lipinski definition) is 3. The van der Waals surface area contributed by atoms with Crippen molar-refractivity contribution in [1.82, 2.24) is 9.62 Å². The summed E-state index contributed by atoms with van der Waals surface area (Å²) in [6.07, 6.45) is 1.75. The molecular formula is C15H25ClN2O2S. The predicted molar refractivity (Wildman–Crippen MR) is 88.7 cm³/mol. The van der Waals surface area contributed by atoms with E-state index in [0.29, 0.717) is 4.90 Å². The Morgan fingerprint density at radius 3 is 2.05 bits per heavy atom. The smallest absolute Gasteiger partial charge is 0.243 e. The molecule has 0 spiro atoms. The van der Waals surface area contributed by atoms with E-state index in [9.17, 15) is 8.42 Å². The van der Waals surface area contributed by atoms with Gasteiger partial charge in [-0.3, -0.25) is 0 Å².